The Hall–Kier alpha value is -0.960. The Morgan fingerprint density at radius 2 is 2.29 bits per heavy atom. The van der Waals surface area contributed by atoms with Crippen LogP contribution in [0.25, 0.3) is 0 Å². The van der Waals surface area contributed by atoms with Crippen LogP contribution in [0.2, 0.25) is 0 Å². The first-order valence-corrected chi connectivity index (χ1v) is 5.98. The maximum Gasteiger partial charge on any atom is 0.254 e. The first-order valence-electron chi connectivity index (χ1n) is 4.59. The van der Waals surface area contributed by atoms with Crippen molar-refractivity contribution < 1.29 is 4.79 Å². The Labute approximate surface area is 88.3 Å². The van der Waals surface area contributed by atoms with Gasteiger partial charge in [0.1, 0.15) is 0 Å². The molecule has 0 saturated heterocycles. The van der Waals surface area contributed by atoms with Gasteiger partial charge >= 0.3 is 0 Å². The van der Waals surface area contributed by atoms with Gasteiger partial charge < -0.3 is 4.90 Å². The lowest BCUT2D eigenvalue weighted by atomic mass is 10.0. The van der Waals surface area contributed by atoms with Crippen LogP contribution in [-0.2, 0) is 12.3 Å². The highest BCUT2D eigenvalue weighted by Crippen LogP contribution is 2.26. The second-order valence-electron chi connectivity index (χ2n) is 3.55. The second-order valence-corrected chi connectivity index (χ2v) is 4.41. The fraction of sp³-hybridized carbons (Fsp3) is 0.364. The summed E-state index contributed by atoms with van der Waals surface area (Å²) in [5.41, 5.74) is 3.28. The molecule has 3 heteroatoms. The Bertz CT molecular complexity index is 376. The standard InChI is InChI=1S/C11H13NOS/c1-12-6-8-4-3-5-9(7-14-2)10(8)11(12)13/h3-5H,6-7H2,1-2H3. The van der Waals surface area contributed by atoms with Gasteiger partial charge in [0.2, 0.25) is 0 Å². The maximum atomic E-state index is 11.8. The fourth-order valence-electron chi connectivity index (χ4n) is 1.85. The number of hydrogen-bond donors (Lipinski definition) is 0. The van der Waals surface area contributed by atoms with Gasteiger partial charge in [0, 0.05) is 24.9 Å². The van der Waals surface area contributed by atoms with E-state index in [1.807, 2.05) is 25.2 Å². The molecule has 0 atom stereocenters. The monoisotopic (exact) mass is 207 g/mol. The molecule has 1 amide bonds. The van der Waals surface area contributed by atoms with Gasteiger partial charge in [-0.25, -0.2) is 0 Å². The molecular formula is C11H13NOS. The van der Waals surface area contributed by atoms with Crippen molar-refractivity contribution in [1.82, 2.24) is 4.90 Å². The van der Waals surface area contributed by atoms with E-state index in [9.17, 15) is 4.79 Å². The first kappa shape index (κ1) is 9.59. The molecule has 74 valence electrons. The molecule has 2 nitrogen and oxygen atoms in total. The Morgan fingerprint density at radius 1 is 1.50 bits per heavy atom. The summed E-state index contributed by atoms with van der Waals surface area (Å²) in [6.45, 7) is 0.760. The zero-order chi connectivity index (χ0) is 10.1. The molecule has 1 aromatic carbocycles. The molecule has 0 bridgehead atoms. The molecule has 0 radical (unpaired) electrons. The minimum Gasteiger partial charge on any atom is -0.337 e. The number of fused-ring (bicyclic) bond motifs is 1. The van der Waals surface area contributed by atoms with E-state index >= 15 is 0 Å². The summed E-state index contributed by atoms with van der Waals surface area (Å²) in [5.74, 6) is 1.09. The predicted molar refractivity (Wildman–Crippen MR) is 59.5 cm³/mol. The molecule has 1 aliphatic rings. The Balaban J connectivity index is 2.47. The van der Waals surface area contributed by atoms with Crippen LogP contribution in [0.1, 0.15) is 21.5 Å². The first-order chi connectivity index (χ1) is 6.74. The number of hydrogen-bond acceptors (Lipinski definition) is 2. The van der Waals surface area contributed by atoms with E-state index in [0.717, 1.165) is 17.9 Å². The van der Waals surface area contributed by atoms with E-state index < -0.39 is 0 Å². The third-order valence-corrected chi connectivity index (χ3v) is 3.10. The molecule has 0 aromatic heterocycles. The highest BCUT2D eigenvalue weighted by atomic mass is 32.2. The van der Waals surface area contributed by atoms with Crippen molar-refractivity contribution in [3.63, 3.8) is 0 Å². The van der Waals surface area contributed by atoms with Crippen molar-refractivity contribution >= 4 is 17.7 Å². The third-order valence-electron chi connectivity index (χ3n) is 2.50. The van der Waals surface area contributed by atoms with Gasteiger partial charge in [-0.3, -0.25) is 4.79 Å². The molecule has 14 heavy (non-hydrogen) atoms. The van der Waals surface area contributed by atoms with Gasteiger partial charge in [0.15, 0.2) is 0 Å². The third kappa shape index (κ3) is 1.42. The summed E-state index contributed by atoms with van der Waals surface area (Å²) in [6, 6.07) is 6.13. The lowest BCUT2D eigenvalue weighted by molar-refractivity contribution is 0.0816. The van der Waals surface area contributed by atoms with Gasteiger partial charge in [0.05, 0.1) is 0 Å². The lowest BCUT2D eigenvalue weighted by Gasteiger charge is -2.06. The van der Waals surface area contributed by atoms with Crippen LogP contribution in [0.4, 0.5) is 0 Å². The molecule has 0 N–H and O–H groups in total. The number of amides is 1. The van der Waals surface area contributed by atoms with Gasteiger partial charge in [-0.1, -0.05) is 18.2 Å². The predicted octanol–water partition coefficient (Wildman–Crippen LogP) is 2.14. The molecule has 0 fully saturated rings. The zero-order valence-electron chi connectivity index (χ0n) is 8.41. The minimum absolute atomic E-state index is 0.171. The van der Waals surface area contributed by atoms with Gasteiger partial charge in [-0.15, -0.1) is 0 Å². The summed E-state index contributed by atoms with van der Waals surface area (Å²) in [7, 11) is 1.85. The van der Waals surface area contributed by atoms with Crippen molar-refractivity contribution in [2.75, 3.05) is 13.3 Å². The van der Waals surface area contributed by atoms with Crippen LogP contribution < -0.4 is 0 Å². The molecule has 0 spiro atoms. The van der Waals surface area contributed by atoms with Crippen LogP contribution in [0.3, 0.4) is 0 Å². The highest BCUT2D eigenvalue weighted by molar-refractivity contribution is 7.97. The van der Waals surface area contributed by atoms with Gasteiger partial charge in [-0.2, -0.15) is 11.8 Å². The topological polar surface area (TPSA) is 20.3 Å². The number of thioether (sulfide) groups is 1. The van der Waals surface area contributed by atoms with Crippen LogP contribution >= 0.6 is 11.8 Å². The number of benzene rings is 1. The van der Waals surface area contributed by atoms with E-state index in [1.54, 1.807) is 16.7 Å². The Kier molecular flexibility index (Phi) is 2.50. The summed E-state index contributed by atoms with van der Waals surface area (Å²) in [4.78, 5) is 13.6. The minimum atomic E-state index is 0.171. The van der Waals surface area contributed by atoms with E-state index in [4.69, 9.17) is 0 Å². The molecule has 0 unspecified atom stereocenters. The van der Waals surface area contributed by atoms with E-state index in [-0.39, 0.29) is 5.91 Å². The SMILES string of the molecule is CSCc1cccc2c1C(=O)N(C)C2. The summed E-state index contributed by atoms with van der Waals surface area (Å²) in [5, 5.41) is 0. The van der Waals surface area contributed by atoms with E-state index in [0.29, 0.717) is 0 Å². The number of carbonyl (C=O) groups is 1. The normalized spacial score (nSPS) is 14.7. The molecule has 0 saturated carbocycles. The van der Waals surface area contributed by atoms with E-state index in [1.165, 1.54) is 11.1 Å². The van der Waals surface area contributed by atoms with Crippen molar-refractivity contribution in [3.05, 3.63) is 34.9 Å². The molecule has 1 heterocycles. The molecule has 2 rings (SSSR count). The molecule has 0 aliphatic carbocycles. The largest absolute Gasteiger partial charge is 0.337 e. The van der Waals surface area contributed by atoms with Crippen molar-refractivity contribution in [2.24, 2.45) is 0 Å². The van der Waals surface area contributed by atoms with Gasteiger partial charge in [0.25, 0.3) is 5.91 Å². The van der Waals surface area contributed by atoms with E-state index in [2.05, 4.69) is 6.26 Å². The van der Waals surface area contributed by atoms with Crippen LogP contribution in [0.15, 0.2) is 18.2 Å². The average Bonchev–Trinajstić information content (AvgIpc) is 2.45. The van der Waals surface area contributed by atoms with Crippen LogP contribution in [-0.4, -0.2) is 24.1 Å². The summed E-state index contributed by atoms with van der Waals surface area (Å²) in [6.07, 6.45) is 2.06. The van der Waals surface area contributed by atoms with Crippen LogP contribution in [0.5, 0.6) is 0 Å². The zero-order valence-corrected chi connectivity index (χ0v) is 9.23. The number of rotatable bonds is 2. The highest BCUT2D eigenvalue weighted by Gasteiger charge is 2.26. The van der Waals surface area contributed by atoms with Crippen molar-refractivity contribution in [2.45, 2.75) is 12.3 Å². The second kappa shape index (κ2) is 3.65. The quantitative estimate of drug-likeness (QED) is 0.740. The molecule has 1 aromatic rings. The Morgan fingerprint density at radius 3 is 3.00 bits per heavy atom. The smallest absolute Gasteiger partial charge is 0.254 e. The number of nitrogens with zero attached hydrogens (tertiary/aromatic N) is 1. The van der Waals surface area contributed by atoms with Crippen molar-refractivity contribution in [1.29, 1.82) is 0 Å². The average molecular weight is 207 g/mol. The van der Waals surface area contributed by atoms with Crippen LogP contribution in [0, 0.1) is 0 Å². The molecule has 1 aliphatic heterocycles. The molecular weight excluding hydrogens is 194 g/mol. The fourth-order valence-corrected chi connectivity index (χ4v) is 2.41. The summed E-state index contributed by atoms with van der Waals surface area (Å²) < 4.78 is 0. The summed E-state index contributed by atoms with van der Waals surface area (Å²) >= 11 is 1.75. The maximum absolute atomic E-state index is 11.8. The van der Waals surface area contributed by atoms with Crippen molar-refractivity contribution in [3.8, 4) is 0 Å². The number of carbonyl (C=O) groups excluding carboxylic acids is 1. The van der Waals surface area contributed by atoms with Gasteiger partial charge in [-0.05, 0) is 17.4 Å². The lowest BCUT2D eigenvalue weighted by Crippen LogP contribution is -2.18.